The fourth-order valence-corrected chi connectivity index (χ4v) is 6.12. The van der Waals surface area contributed by atoms with Gasteiger partial charge in [-0.3, -0.25) is 0 Å². The Morgan fingerprint density at radius 1 is 0.821 bits per heavy atom. The second-order valence-corrected chi connectivity index (χ2v) is 9.74. The summed E-state index contributed by atoms with van der Waals surface area (Å²) in [6.07, 6.45) is 11.7. The number of aliphatic hydroxyl groups is 1. The number of aryl methyl sites for hydroxylation is 1. The van der Waals surface area contributed by atoms with Crippen molar-refractivity contribution in [2.75, 3.05) is 39.3 Å². The zero-order valence-electron chi connectivity index (χ0n) is 17.9. The highest BCUT2D eigenvalue weighted by Gasteiger charge is 2.48. The maximum atomic E-state index is 12.4. The van der Waals surface area contributed by atoms with Crippen LogP contribution in [0.1, 0.15) is 68.9 Å². The quantitative estimate of drug-likeness (QED) is 0.805. The van der Waals surface area contributed by atoms with E-state index in [1.165, 1.54) is 82.3 Å². The molecule has 1 aromatic carbocycles. The molecule has 28 heavy (non-hydrogen) atoms. The summed E-state index contributed by atoms with van der Waals surface area (Å²) in [5, 5.41) is 12.4. The fraction of sp³-hybridized carbons (Fsp3) is 0.760. The molecular formula is C25H40N2O. The lowest BCUT2D eigenvalue weighted by Crippen LogP contribution is -2.53. The predicted octanol–water partition coefficient (Wildman–Crippen LogP) is 4.57. The molecule has 3 fully saturated rings. The van der Waals surface area contributed by atoms with Gasteiger partial charge in [-0.1, -0.05) is 49.1 Å². The minimum atomic E-state index is -0.681. The molecule has 1 N–H and O–H groups in total. The highest BCUT2D eigenvalue weighted by molar-refractivity contribution is 5.30. The molecule has 0 radical (unpaired) electrons. The summed E-state index contributed by atoms with van der Waals surface area (Å²) in [4.78, 5) is 5.27. The lowest BCUT2D eigenvalue weighted by atomic mass is 9.64. The van der Waals surface area contributed by atoms with Crippen LogP contribution in [0.15, 0.2) is 24.3 Å². The van der Waals surface area contributed by atoms with Gasteiger partial charge in [0.25, 0.3) is 0 Å². The molecule has 156 valence electrons. The second kappa shape index (κ2) is 9.28. The van der Waals surface area contributed by atoms with E-state index in [-0.39, 0.29) is 0 Å². The van der Waals surface area contributed by atoms with Gasteiger partial charge in [-0.05, 0) is 77.2 Å². The van der Waals surface area contributed by atoms with Crippen LogP contribution in [0.2, 0.25) is 0 Å². The third-order valence-electron chi connectivity index (χ3n) is 7.69. The molecule has 2 saturated heterocycles. The molecule has 1 aliphatic carbocycles. The first kappa shape index (κ1) is 20.4. The van der Waals surface area contributed by atoms with Crippen molar-refractivity contribution in [2.24, 2.45) is 11.8 Å². The Hall–Kier alpha value is -0.900. The van der Waals surface area contributed by atoms with Gasteiger partial charge in [0.1, 0.15) is 0 Å². The number of benzene rings is 1. The van der Waals surface area contributed by atoms with E-state index in [1.807, 2.05) is 0 Å². The summed E-state index contributed by atoms with van der Waals surface area (Å²) in [5.41, 5.74) is 1.76. The number of hydrogen-bond acceptors (Lipinski definition) is 3. The maximum absolute atomic E-state index is 12.4. The lowest BCUT2D eigenvalue weighted by molar-refractivity contribution is -0.119. The number of nitrogens with zero attached hydrogens (tertiary/aromatic N) is 2. The Morgan fingerprint density at radius 3 is 1.86 bits per heavy atom. The summed E-state index contributed by atoms with van der Waals surface area (Å²) in [6.45, 7) is 9.18. The van der Waals surface area contributed by atoms with Crippen LogP contribution in [0.25, 0.3) is 0 Å². The van der Waals surface area contributed by atoms with Crippen LogP contribution in [0, 0.1) is 18.8 Å². The molecule has 0 bridgehead atoms. The van der Waals surface area contributed by atoms with Crippen molar-refractivity contribution in [1.82, 2.24) is 9.80 Å². The Kier molecular flexibility index (Phi) is 6.75. The lowest BCUT2D eigenvalue weighted by Gasteiger charge is -2.50. The normalized spacial score (nSPS) is 33.1. The molecule has 2 heterocycles. The zero-order chi connectivity index (χ0) is 19.4. The summed E-state index contributed by atoms with van der Waals surface area (Å²) >= 11 is 0. The standard InChI is InChI=1S/C25H40N2O/c1-21-10-8-11-22(18-21)25(28)23(19-26-14-4-2-5-15-26)12-9-13-24(25)20-27-16-6-3-7-17-27/h8,10-11,18,23-24,28H,2-7,9,12-17,19-20H2,1H3. The van der Waals surface area contributed by atoms with Crippen LogP contribution in [0.4, 0.5) is 0 Å². The topological polar surface area (TPSA) is 26.7 Å². The third kappa shape index (κ3) is 4.47. The number of piperidine rings is 2. The van der Waals surface area contributed by atoms with Gasteiger partial charge in [-0.15, -0.1) is 0 Å². The van der Waals surface area contributed by atoms with E-state index >= 15 is 0 Å². The average molecular weight is 385 g/mol. The van der Waals surface area contributed by atoms with Crippen molar-refractivity contribution in [3.8, 4) is 0 Å². The highest BCUT2D eigenvalue weighted by atomic mass is 16.3. The minimum absolute atomic E-state index is 0.357. The molecule has 3 nitrogen and oxygen atoms in total. The maximum Gasteiger partial charge on any atom is 0.0977 e. The van der Waals surface area contributed by atoms with Crippen LogP contribution in [-0.2, 0) is 5.60 Å². The van der Waals surface area contributed by atoms with Crippen LogP contribution in [0.5, 0.6) is 0 Å². The van der Waals surface area contributed by atoms with Crippen molar-refractivity contribution >= 4 is 0 Å². The molecule has 2 atom stereocenters. The van der Waals surface area contributed by atoms with E-state index in [2.05, 4.69) is 41.0 Å². The Bertz CT molecular complexity index is 591. The third-order valence-corrected chi connectivity index (χ3v) is 7.69. The fourth-order valence-electron chi connectivity index (χ4n) is 6.12. The summed E-state index contributed by atoms with van der Waals surface area (Å²) < 4.78 is 0. The van der Waals surface area contributed by atoms with Crippen molar-refractivity contribution in [2.45, 2.75) is 70.3 Å². The second-order valence-electron chi connectivity index (χ2n) is 9.74. The van der Waals surface area contributed by atoms with E-state index in [9.17, 15) is 5.11 Å². The van der Waals surface area contributed by atoms with Gasteiger partial charge >= 0.3 is 0 Å². The molecule has 0 spiro atoms. The van der Waals surface area contributed by atoms with Crippen molar-refractivity contribution in [3.05, 3.63) is 35.4 Å². The van der Waals surface area contributed by atoms with E-state index in [0.29, 0.717) is 11.8 Å². The molecule has 1 saturated carbocycles. The molecule has 3 heteroatoms. The predicted molar refractivity (Wildman–Crippen MR) is 116 cm³/mol. The summed E-state index contributed by atoms with van der Waals surface area (Å²) in [5.74, 6) is 0.715. The molecular weight excluding hydrogens is 344 g/mol. The van der Waals surface area contributed by atoms with Gasteiger partial charge in [0.05, 0.1) is 5.60 Å². The molecule has 1 aromatic rings. The molecule has 2 aliphatic heterocycles. The van der Waals surface area contributed by atoms with Gasteiger partial charge in [-0.25, -0.2) is 0 Å². The Balaban J connectivity index is 1.59. The monoisotopic (exact) mass is 384 g/mol. The number of likely N-dealkylation sites (tertiary alicyclic amines) is 2. The van der Waals surface area contributed by atoms with E-state index in [0.717, 1.165) is 25.9 Å². The first-order chi connectivity index (χ1) is 13.7. The minimum Gasteiger partial charge on any atom is -0.384 e. The summed E-state index contributed by atoms with van der Waals surface area (Å²) in [6, 6.07) is 8.77. The number of rotatable bonds is 5. The Morgan fingerprint density at radius 2 is 1.36 bits per heavy atom. The van der Waals surface area contributed by atoms with Gasteiger partial charge < -0.3 is 14.9 Å². The number of hydrogen-bond donors (Lipinski definition) is 1. The summed E-state index contributed by atoms with van der Waals surface area (Å²) in [7, 11) is 0. The molecule has 3 aliphatic rings. The average Bonchev–Trinajstić information content (AvgIpc) is 2.73. The first-order valence-corrected chi connectivity index (χ1v) is 11.9. The SMILES string of the molecule is Cc1cccc(C2(O)C(CN3CCCCC3)CCCC2CN2CCCCC2)c1. The first-order valence-electron chi connectivity index (χ1n) is 11.9. The van der Waals surface area contributed by atoms with E-state index in [1.54, 1.807) is 0 Å². The van der Waals surface area contributed by atoms with Gasteiger partial charge in [0.15, 0.2) is 0 Å². The zero-order valence-corrected chi connectivity index (χ0v) is 17.9. The van der Waals surface area contributed by atoms with Crippen LogP contribution >= 0.6 is 0 Å². The van der Waals surface area contributed by atoms with Gasteiger partial charge in [-0.2, -0.15) is 0 Å². The van der Waals surface area contributed by atoms with E-state index in [4.69, 9.17) is 0 Å². The van der Waals surface area contributed by atoms with Crippen LogP contribution in [0.3, 0.4) is 0 Å². The van der Waals surface area contributed by atoms with Crippen LogP contribution < -0.4 is 0 Å². The molecule has 2 unspecified atom stereocenters. The van der Waals surface area contributed by atoms with Gasteiger partial charge in [0.2, 0.25) is 0 Å². The van der Waals surface area contributed by atoms with E-state index < -0.39 is 5.60 Å². The van der Waals surface area contributed by atoms with Crippen molar-refractivity contribution in [1.29, 1.82) is 0 Å². The largest absolute Gasteiger partial charge is 0.384 e. The molecule has 0 amide bonds. The van der Waals surface area contributed by atoms with Gasteiger partial charge in [0, 0.05) is 24.9 Å². The smallest absolute Gasteiger partial charge is 0.0977 e. The molecule has 4 rings (SSSR count). The van der Waals surface area contributed by atoms with Crippen molar-refractivity contribution < 1.29 is 5.11 Å². The highest BCUT2D eigenvalue weighted by Crippen LogP contribution is 2.47. The Labute approximate surface area is 172 Å². The van der Waals surface area contributed by atoms with Crippen LogP contribution in [-0.4, -0.2) is 54.2 Å². The molecule has 0 aromatic heterocycles. The van der Waals surface area contributed by atoms with Crippen molar-refractivity contribution in [3.63, 3.8) is 0 Å².